The molecule has 1 amide bonds. The lowest BCUT2D eigenvalue weighted by Gasteiger charge is -2.20. The van der Waals surface area contributed by atoms with Gasteiger partial charge in [0, 0.05) is 12.2 Å². The van der Waals surface area contributed by atoms with Crippen LogP contribution in [0.3, 0.4) is 0 Å². The van der Waals surface area contributed by atoms with Crippen LogP contribution in [0.1, 0.15) is 5.56 Å². The van der Waals surface area contributed by atoms with Crippen molar-refractivity contribution < 1.29 is 14.6 Å². The van der Waals surface area contributed by atoms with Gasteiger partial charge in [0.15, 0.2) is 0 Å². The molecule has 0 atom stereocenters. The molecule has 0 radical (unpaired) electrons. The van der Waals surface area contributed by atoms with E-state index in [1.54, 1.807) is 31.4 Å². The van der Waals surface area contributed by atoms with Crippen LogP contribution in [-0.2, 0) is 6.42 Å². The first-order valence-electron chi connectivity index (χ1n) is 6.73. The molecule has 2 N–H and O–H groups in total. The van der Waals surface area contributed by atoms with Gasteiger partial charge < -0.3 is 15.2 Å². The Balaban J connectivity index is 1.99. The Labute approximate surface area is 122 Å². The van der Waals surface area contributed by atoms with E-state index in [0.29, 0.717) is 17.1 Å². The molecule has 0 aromatic heterocycles. The maximum Gasteiger partial charge on any atom is 0.416 e. The minimum Gasteiger partial charge on any atom is -0.497 e. The van der Waals surface area contributed by atoms with Gasteiger partial charge in [-0.2, -0.15) is 0 Å². The molecule has 0 saturated heterocycles. The zero-order chi connectivity index (χ0) is 14.8. The fourth-order valence-electron chi connectivity index (χ4n) is 2.53. The quantitative estimate of drug-likeness (QED) is 0.905. The molecule has 1 aliphatic heterocycles. The SMILES string of the molecule is COc1ccc(N(C(=O)O)c2ccc3c(c2)CCN3)cc1. The van der Waals surface area contributed by atoms with Crippen molar-refractivity contribution in [3.8, 4) is 5.75 Å². The molecule has 1 heterocycles. The van der Waals surface area contributed by atoms with Crippen molar-refractivity contribution in [1.29, 1.82) is 0 Å². The Morgan fingerprint density at radius 2 is 1.90 bits per heavy atom. The molecule has 0 unspecified atom stereocenters. The zero-order valence-corrected chi connectivity index (χ0v) is 11.7. The predicted octanol–water partition coefficient (Wildman–Crippen LogP) is 3.48. The third-order valence-corrected chi connectivity index (χ3v) is 3.58. The van der Waals surface area contributed by atoms with E-state index in [1.165, 1.54) is 4.90 Å². The average Bonchev–Trinajstić information content (AvgIpc) is 2.95. The number of hydrogen-bond donors (Lipinski definition) is 2. The lowest BCUT2D eigenvalue weighted by molar-refractivity contribution is 0.205. The predicted molar refractivity (Wildman–Crippen MR) is 81.8 cm³/mol. The standard InChI is InChI=1S/C16H16N2O3/c1-21-14-5-2-12(3-6-14)18(16(19)20)13-4-7-15-11(10-13)8-9-17-15/h2-7,10,17H,8-9H2,1H3,(H,19,20). The van der Waals surface area contributed by atoms with Gasteiger partial charge in [0.25, 0.3) is 0 Å². The van der Waals surface area contributed by atoms with Crippen LogP contribution in [0.4, 0.5) is 21.9 Å². The topological polar surface area (TPSA) is 61.8 Å². The summed E-state index contributed by atoms with van der Waals surface area (Å²) in [5, 5.41) is 12.8. The van der Waals surface area contributed by atoms with Crippen molar-refractivity contribution >= 4 is 23.2 Å². The minimum atomic E-state index is -1.01. The van der Waals surface area contributed by atoms with E-state index < -0.39 is 6.09 Å². The third kappa shape index (κ3) is 2.50. The number of methoxy groups -OCH3 is 1. The minimum absolute atomic E-state index is 0.592. The fourth-order valence-corrected chi connectivity index (χ4v) is 2.53. The number of nitrogens with one attached hydrogen (secondary N) is 1. The molecule has 5 nitrogen and oxygen atoms in total. The second kappa shape index (κ2) is 5.36. The molecule has 0 aliphatic carbocycles. The molecule has 0 fully saturated rings. The van der Waals surface area contributed by atoms with E-state index in [1.807, 2.05) is 18.2 Å². The second-order valence-corrected chi connectivity index (χ2v) is 4.83. The van der Waals surface area contributed by atoms with E-state index in [9.17, 15) is 9.90 Å². The molecule has 0 bridgehead atoms. The highest BCUT2D eigenvalue weighted by atomic mass is 16.5. The van der Waals surface area contributed by atoms with E-state index in [-0.39, 0.29) is 0 Å². The van der Waals surface area contributed by atoms with Gasteiger partial charge in [0.1, 0.15) is 5.75 Å². The molecular weight excluding hydrogens is 268 g/mol. The summed E-state index contributed by atoms with van der Waals surface area (Å²) < 4.78 is 5.10. The molecule has 2 aromatic rings. The summed E-state index contributed by atoms with van der Waals surface area (Å²) in [7, 11) is 1.58. The summed E-state index contributed by atoms with van der Waals surface area (Å²) in [5.74, 6) is 0.697. The number of ether oxygens (including phenoxy) is 1. The average molecular weight is 284 g/mol. The van der Waals surface area contributed by atoms with E-state index in [0.717, 1.165) is 24.2 Å². The van der Waals surface area contributed by atoms with Crippen molar-refractivity contribution in [3.05, 3.63) is 48.0 Å². The molecule has 0 saturated carbocycles. The molecule has 21 heavy (non-hydrogen) atoms. The number of rotatable bonds is 3. The van der Waals surface area contributed by atoms with Crippen LogP contribution in [0.5, 0.6) is 5.75 Å². The first kappa shape index (κ1) is 13.3. The largest absolute Gasteiger partial charge is 0.497 e. The van der Waals surface area contributed by atoms with Gasteiger partial charge >= 0.3 is 6.09 Å². The van der Waals surface area contributed by atoms with Gasteiger partial charge in [-0.1, -0.05) is 0 Å². The molecule has 2 aromatic carbocycles. The molecule has 1 aliphatic rings. The number of carbonyl (C=O) groups is 1. The number of amides is 1. The summed E-state index contributed by atoms with van der Waals surface area (Å²) in [5.41, 5.74) is 3.47. The zero-order valence-electron chi connectivity index (χ0n) is 11.7. The van der Waals surface area contributed by atoms with Crippen LogP contribution in [-0.4, -0.2) is 24.9 Å². The van der Waals surface area contributed by atoms with Crippen LogP contribution in [0.2, 0.25) is 0 Å². The monoisotopic (exact) mass is 284 g/mol. The van der Waals surface area contributed by atoms with Crippen LogP contribution < -0.4 is 15.0 Å². The van der Waals surface area contributed by atoms with Crippen LogP contribution in [0, 0.1) is 0 Å². The number of fused-ring (bicyclic) bond motifs is 1. The van der Waals surface area contributed by atoms with E-state index >= 15 is 0 Å². The van der Waals surface area contributed by atoms with Crippen molar-refractivity contribution in [2.24, 2.45) is 0 Å². The van der Waals surface area contributed by atoms with Gasteiger partial charge in [-0.05, 0) is 54.4 Å². The highest BCUT2D eigenvalue weighted by Gasteiger charge is 2.19. The first-order valence-corrected chi connectivity index (χ1v) is 6.73. The van der Waals surface area contributed by atoms with Gasteiger partial charge in [-0.3, -0.25) is 0 Å². The molecular formula is C16H16N2O3. The Morgan fingerprint density at radius 3 is 2.57 bits per heavy atom. The Morgan fingerprint density at radius 1 is 1.19 bits per heavy atom. The number of carboxylic acid groups (broad SMARTS) is 1. The molecule has 0 spiro atoms. The van der Waals surface area contributed by atoms with Gasteiger partial charge in [-0.25, -0.2) is 9.69 Å². The third-order valence-electron chi connectivity index (χ3n) is 3.58. The van der Waals surface area contributed by atoms with E-state index in [4.69, 9.17) is 4.74 Å². The lowest BCUT2D eigenvalue weighted by Crippen LogP contribution is -2.23. The highest BCUT2D eigenvalue weighted by Crippen LogP contribution is 2.32. The molecule has 5 heteroatoms. The van der Waals surface area contributed by atoms with Gasteiger partial charge in [0.05, 0.1) is 18.5 Å². The molecule has 3 rings (SSSR count). The smallest absolute Gasteiger partial charge is 0.416 e. The fraction of sp³-hybridized carbons (Fsp3) is 0.188. The summed E-state index contributed by atoms with van der Waals surface area (Å²) in [6.45, 7) is 0.897. The van der Waals surface area contributed by atoms with Gasteiger partial charge in [-0.15, -0.1) is 0 Å². The summed E-state index contributed by atoms with van der Waals surface area (Å²) >= 11 is 0. The first-order chi connectivity index (χ1) is 10.2. The summed E-state index contributed by atoms with van der Waals surface area (Å²) in [6, 6.07) is 12.6. The van der Waals surface area contributed by atoms with Crippen LogP contribution in [0.25, 0.3) is 0 Å². The molecule has 108 valence electrons. The Kier molecular flexibility index (Phi) is 3.39. The number of benzene rings is 2. The van der Waals surface area contributed by atoms with Crippen molar-refractivity contribution in [2.75, 3.05) is 23.9 Å². The van der Waals surface area contributed by atoms with Crippen molar-refractivity contribution in [2.45, 2.75) is 6.42 Å². The van der Waals surface area contributed by atoms with Crippen molar-refractivity contribution in [1.82, 2.24) is 0 Å². The normalized spacial score (nSPS) is 12.4. The maximum atomic E-state index is 11.6. The second-order valence-electron chi connectivity index (χ2n) is 4.83. The summed E-state index contributed by atoms with van der Waals surface area (Å²) in [4.78, 5) is 12.9. The lowest BCUT2D eigenvalue weighted by atomic mass is 10.1. The number of nitrogens with zero attached hydrogens (tertiary/aromatic N) is 1. The number of anilines is 3. The van der Waals surface area contributed by atoms with Crippen LogP contribution >= 0.6 is 0 Å². The Bertz CT molecular complexity index is 668. The van der Waals surface area contributed by atoms with Gasteiger partial charge in [0.2, 0.25) is 0 Å². The highest BCUT2D eigenvalue weighted by molar-refractivity contribution is 5.95. The number of hydrogen-bond acceptors (Lipinski definition) is 3. The maximum absolute atomic E-state index is 11.6. The Hall–Kier alpha value is -2.69. The van der Waals surface area contributed by atoms with Crippen molar-refractivity contribution in [3.63, 3.8) is 0 Å². The van der Waals surface area contributed by atoms with Crippen LogP contribution in [0.15, 0.2) is 42.5 Å². The summed E-state index contributed by atoms with van der Waals surface area (Å²) in [6.07, 6.45) is -0.0923. The van der Waals surface area contributed by atoms with E-state index in [2.05, 4.69) is 5.32 Å².